The lowest BCUT2D eigenvalue weighted by Crippen LogP contribution is -2.21. The Morgan fingerprint density at radius 1 is 1.38 bits per heavy atom. The standard InChI is InChI=1S/C16H19N3O2/c20-16(21)14-3-1-12(2-4-14)9-13-5-8-19(10-13)11-15-17-6-7-18-15/h1-4,6-7,13H,5,8-11H2,(H,17,18)(H,20,21). The molecule has 2 heterocycles. The van der Waals surface area contributed by atoms with E-state index in [1.165, 1.54) is 12.0 Å². The van der Waals surface area contributed by atoms with Crippen LogP contribution in [-0.2, 0) is 13.0 Å². The first-order chi connectivity index (χ1) is 10.2. The van der Waals surface area contributed by atoms with Crippen molar-refractivity contribution in [2.45, 2.75) is 19.4 Å². The van der Waals surface area contributed by atoms with Crippen molar-refractivity contribution in [3.8, 4) is 0 Å². The molecule has 0 aliphatic carbocycles. The lowest BCUT2D eigenvalue weighted by molar-refractivity contribution is 0.0697. The highest BCUT2D eigenvalue weighted by Gasteiger charge is 2.23. The summed E-state index contributed by atoms with van der Waals surface area (Å²) in [7, 11) is 0. The minimum Gasteiger partial charge on any atom is -0.478 e. The van der Waals surface area contributed by atoms with Gasteiger partial charge in [0.15, 0.2) is 0 Å². The van der Waals surface area contributed by atoms with E-state index < -0.39 is 5.97 Å². The molecule has 21 heavy (non-hydrogen) atoms. The van der Waals surface area contributed by atoms with Gasteiger partial charge in [-0.2, -0.15) is 0 Å². The van der Waals surface area contributed by atoms with E-state index in [0.29, 0.717) is 11.5 Å². The quantitative estimate of drug-likeness (QED) is 0.883. The van der Waals surface area contributed by atoms with Crippen molar-refractivity contribution in [2.75, 3.05) is 13.1 Å². The predicted octanol–water partition coefficient (Wildman–Crippen LogP) is 2.17. The predicted molar refractivity (Wildman–Crippen MR) is 79.1 cm³/mol. The number of rotatable bonds is 5. The molecule has 5 heteroatoms. The summed E-state index contributed by atoms with van der Waals surface area (Å²) in [5.41, 5.74) is 1.56. The van der Waals surface area contributed by atoms with Gasteiger partial charge in [0.2, 0.25) is 0 Å². The van der Waals surface area contributed by atoms with Crippen LogP contribution in [0.5, 0.6) is 0 Å². The van der Waals surface area contributed by atoms with E-state index in [-0.39, 0.29) is 0 Å². The molecule has 2 N–H and O–H groups in total. The minimum atomic E-state index is -0.868. The molecule has 0 spiro atoms. The number of likely N-dealkylation sites (tertiary alicyclic amines) is 1. The number of aromatic nitrogens is 2. The van der Waals surface area contributed by atoms with Gasteiger partial charge in [0.05, 0.1) is 12.1 Å². The molecule has 1 saturated heterocycles. The van der Waals surface area contributed by atoms with Gasteiger partial charge in [-0.15, -0.1) is 0 Å². The van der Waals surface area contributed by atoms with Gasteiger partial charge in [-0.1, -0.05) is 12.1 Å². The van der Waals surface area contributed by atoms with Crippen LogP contribution in [-0.4, -0.2) is 39.0 Å². The third-order valence-electron chi connectivity index (χ3n) is 4.02. The summed E-state index contributed by atoms with van der Waals surface area (Å²) in [6.45, 7) is 3.04. The highest BCUT2D eigenvalue weighted by Crippen LogP contribution is 2.22. The first-order valence-corrected chi connectivity index (χ1v) is 7.23. The summed E-state index contributed by atoms with van der Waals surface area (Å²) in [4.78, 5) is 20.6. The maximum Gasteiger partial charge on any atom is 0.335 e. The van der Waals surface area contributed by atoms with Gasteiger partial charge in [0.1, 0.15) is 5.82 Å². The number of benzene rings is 1. The van der Waals surface area contributed by atoms with Crippen molar-refractivity contribution in [2.24, 2.45) is 5.92 Å². The monoisotopic (exact) mass is 285 g/mol. The highest BCUT2D eigenvalue weighted by atomic mass is 16.4. The second kappa shape index (κ2) is 6.10. The summed E-state index contributed by atoms with van der Waals surface area (Å²) in [5, 5.41) is 8.90. The maximum atomic E-state index is 10.8. The maximum absolute atomic E-state index is 10.8. The number of imidazole rings is 1. The van der Waals surface area contributed by atoms with Crippen molar-refractivity contribution in [3.05, 3.63) is 53.6 Å². The molecule has 1 aromatic carbocycles. The van der Waals surface area contributed by atoms with Crippen LogP contribution in [0.3, 0.4) is 0 Å². The summed E-state index contributed by atoms with van der Waals surface area (Å²) in [6.07, 6.45) is 5.83. The van der Waals surface area contributed by atoms with Gasteiger partial charge in [-0.05, 0) is 43.0 Å². The molecule has 0 saturated carbocycles. The molecule has 0 radical (unpaired) electrons. The average Bonchev–Trinajstić information content (AvgIpc) is 3.12. The third-order valence-corrected chi connectivity index (χ3v) is 4.02. The van der Waals surface area contributed by atoms with Crippen LogP contribution in [0, 0.1) is 5.92 Å². The fourth-order valence-electron chi connectivity index (χ4n) is 2.94. The molecular formula is C16H19N3O2. The SMILES string of the molecule is O=C(O)c1ccc(CC2CCN(Cc3ncc[nH]3)C2)cc1. The molecule has 3 rings (SSSR count). The Hall–Kier alpha value is -2.14. The first-order valence-electron chi connectivity index (χ1n) is 7.23. The molecule has 2 aromatic rings. The van der Waals surface area contributed by atoms with Gasteiger partial charge in [0.25, 0.3) is 0 Å². The number of nitrogens with zero attached hydrogens (tertiary/aromatic N) is 2. The zero-order chi connectivity index (χ0) is 14.7. The van der Waals surface area contributed by atoms with E-state index in [1.54, 1.807) is 18.3 Å². The van der Waals surface area contributed by atoms with Gasteiger partial charge >= 0.3 is 5.97 Å². The van der Waals surface area contributed by atoms with Crippen LogP contribution in [0.2, 0.25) is 0 Å². The zero-order valence-electron chi connectivity index (χ0n) is 11.8. The molecule has 110 valence electrons. The molecular weight excluding hydrogens is 266 g/mol. The molecule has 1 fully saturated rings. The Kier molecular flexibility index (Phi) is 4.01. The Labute approximate surface area is 123 Å². The van der Waals surface area contributed by atoms with Crippen molar-refractivity contribution in [1.82, 2.24) is 14.9 Å². The number of carboxylic acids is 1. The van der Waals surface area contributed by atoms with Gasteiger partial charge in [-0.3, -0.25) is 4.90 Å². The van der Waals surface area contributed by atoms with Crippen LogP contribution in [0.15, 0.2) is 36.7 Å². The molecule has 1 aromatic heterocycles. The average molecular weight is 285 g/mol. The lowest BCUT2D eigenvalue weighted by atomic mass is 9.98. The number of carbonyl (C=O) groups is 1. The van der Waals surface area contributed by atoms with Crippen LogP contribution in [0.4, 0.5) is 0 Å². The second-order valence-corrected chi connectivity index (χ2v) is 5.63. The van der Waals surface area contributed by atoms with Crippen LogP contribution < -0.4 is 0 Å². The molecule has 1 aliphatic rings. The summed E-state index contributed by atoms with van der Waals surface area (Å²) >= 11 is 0. The van der Waals surface area contributed by atoms with E-state index >= 15 is 0 Å². The Morgan fingerprint density at radius 3 is 2.86 bits per heavy atom. The van der Waals surface area contributed by atoms with Crippen molar-refractivity contribution < 1.29 is 9.90 Å². The number of carboxylic acid groups (broad SMARTS) is 1. The van der Waals surface area contributed by atoms with E-state index in [9.17, 15) is 4.79 Å². The number of nitrogens with one attached hydrogen (secondary N) is 1. The van der Waals surface area contributed by atoms with E-state index in [1.807, 2.05) is 18.3 Å². The van der Waals surface area contributed by atoms with Gasteiger partial charge < -0.3 is 10.1 Å². The van der Waals surface area contributed by atoms with Crippen LogP contribution in [0.25, 0.3) is 0 Å². The second-order valence-electron chi connectivity index (χ2n) is 5.63. The summed E-state index contributed by atoms with van der Waals surface area (Å²) in [5.74, 6) is 0.782. The molecule has 5 nitrogen and oxygen atoms in total. The Morgan fingerprint density at radius 2 is 2.19 bits per heavy atom. The van der Waals surface area contributed by atoms with Gasteiger partial charge in [0, 0.05) is 18.9 Å². The van der Waals surface area contributed by atoms with Crippen molar-refractivity contribution in [1.29, 1.82) is 0 Å². The lowest BCUT2D eigenvalue weighted by Gasteiger charge is -2.14. The summed E-state index contributed by atoms with van der Waals surface area (Å²) in [6, 6.07) is 7.23. The fourth-order valence-corrected chi connectivity index (χ4v) is 2.94. The number of H-pyrrole nitrogens is 1. The molecule has 1 atom stereocenters. The normalized spacial score (nSPS) is 19.0. The number of aromatic carboxylic acids is 1. The largest absolute Gasteiger partial charge is 0.478 e. The first kappa shape index (κ1) is 13.8. The molecule has 1 aliphatic heterocycles. The Balaban J connectivity index is 1.53. The van der Waals surface area contributed by atoms with E-state index in [2.05, 4.69) is 14.9 Å². The molecule has 1 unspecified atom stereocenters. The van der Waals surface area contributed by atoms with Crippen molar-refractivity contribution in [3.63, 3.8) is 0 Å². The third kappa shape index (κ3) is 3.49. The molecule has 0 amide bonds. The van der Waals surface area contributed by atoms with Gasteiger partial charge in [-0.25, -0.2) is 9.78 Å². The van der Waals surface area contributed by atoms with Crippen molar-refractivity contribution >= 4 is 5.97 Å². The zero-order valence-corrected chi connectivity index (χ0v) is 11.8. The van der Waals surface area contributed by atoms with Crippen LogP contribution >= 0.6 is 0 Å². The number of hydrogen-bond acceptors (Lipinski definition) is 3. The topological polar surface area (TPSA) is 69.2 Å². The highest BCUT2D eigenvalue weighted by molar-refractivity contribution is 5.87. The van der Waals surface area contributed by atoms with E-state index in [4.69, 9.17) is 5.11 Å². The smallest absolute Gasteiger partial charge is 0.335 e. The fraction of sp³-hybridized carbons (Fsp3) is 0.375. The summed E-state index contributed by atoms with van der Waals surface area (Å²) < 4.78 is 0. The molecule has 0 bridgehead atoms. The van der Waals surface area contributed by atoms with Crippen LogP contribution in [0.1, 0.15) is 28.2 Å². The minimum absolute atomic E-state index is 0.351. The Bertz CT molecular complexity index is 592. The van der Waals surface area contributed by atoms with E-state index in [0.717, 1.165) is 31.9 Å². The number of aromatic amines is 1. The number of hydrogen-bond donors (Lipinski definition) is 2.